The lowest BCUT2D eigenvalue weighted by molar-refractivity contribution is -0.137. The third-order valence-electron chi connectivity index (χ3n) is 15.6. The van der Waals surface area contributed by atoms with Gasteiger partial charge < -0.3 is 24.9 Å². The summed E-state index contributed by atoms with van der Waals surface area (Å²) in [5.41, 5.74) is 5.30. The number of likely N-dealkylation sites (tertiary alicyclic amines) is 2. The molecule has 0 radical (unpaired) electrons. The summed E-state index contributed by atoms with van der Waals surface area (Å²) in [7, 11) is 0. The van der Waals surface area contributed by atoms with Crippen LogP contribution < -0.4 is 20.4 Å². The van der Waals surface area contributed by atoms with E-state index in [1.54, 1.807) is 18.2 Å². The van der Waals surface area contributed by atoms with Crippen molar-refractivity contribution in [1.29, 1.82) is 5.26 Å². The zero-order chi connectivity index (χ0) is 46.8. The zero-order valence-corrected chi connectivity index (χ0v) is 39.8. The van der Waals surface area contributed by atoms with Crippen molar-refractivity contribution in [2.45, 2.75) is 91.0 Å². The third-order valence-corrected chi connectivity index (χ3v) is 15.9. The summed E-state index contributed by atoms with van der Waals surface area (Å²) in [5.74, 6) is 2.22. The summed E-state index contributed by atoms with van der Waals surface area (Å²) < 4.78 is 0. The maximum Gasteiger partial charge on any atom is 0.328 e. The Morgan fingerprint density at radius 1 is 0.896 bits per heavy atom. The number of fused-ring (bicyclic) bond motifs is 1. The van der Waals surface area contributed by atoms with E-state index in [0.717, 1.165) is 97.4 Å². The number of aromatic nitrogens is 3. The molecule has 2 N–H and O–H groups in total. The van der Waals surface area contributed by atoms with Crippen molar-refractivity contribution in [3.05, 3.63) is 81.6 Å². The van der Waals surface area contributed by atoms with E-state index in [-0.39, 0.29) is 42.2 Å². The molecule has 1 aliphatic carbocycles. The molecular weight excluding hydrogens is 866 g/mol. The fourth-order valence-corrected chi connectivity index (χ4v) is 11.5. The Morgan fingerprint density at radius 3 is 2.36 bits per heavy atom. The van der Waals surface area contributed by atoms with E-state index in [1.165, 1.54) is 30.6 Å². The van der Waals surface area contributed by atoms with Crippen LogP contribution >= 0.6 is 11.6 Å². The number of rotatable bonds is 10. The number of benzene rings is 2. The average Bonchev–Trinajstić information content (AvgIpc) is 3.34. The van der Waals surface area contributed by atoms with Crippen LogP contribution in [0.1, 0.15) is 103 Å². The van der Waals surface area contributed by atoms with Crippen LogP contribution in [0.4, 0.5) is 22.1 Å². The van der Waals surface area contributed by atoms with E-state index in [9.17, 15) is 24.4 Å². The number of anilines is 3. The first kappa shape index (κ1) is 46.3. The molecule has 1 saturated carbocycles. The molecule has 4 aliphatic heterocycles. The smallest absolute Gasteiger partial charge is 0.328 e. The summed E-state index contributed by atoms with van der Waals surface area (Å²) in [4.78, 5) is 66.8. The third kappa shape index (κ3) is 9.93. The topological polar surface area (TPSA) is 171 Å². The number of urea groups is 1. The van der Waals surface area contributed by atoms with Crippen LogP contribution in [0.25, 0.3) is 10.8 Å². The molecule has 5 aliphatic rings. The highest BCUT2D eigenvalue weighted by molar-refractivity contribution is 6.34. The molecule has 5 amide bonds. The predicted molar refractivity (Wildman–Crippen MR) is 259 cm³/mol. The summed E-state index contributed by atoms with van der Waals surface area (Å²) in [6.07, 6.45) is 11.0. The van der Waals surface area contributed by atoms with Crippen molar-refractivity contribution >= 4 is 63.4 Å². The van der Waals surface area contributed by atoms with Crippen LogP contribution in [0, 0.1) is 42.4 Å². The van der Waals surface area contributed by atoms with E-state index < -0.39 is 6.03 Å². The van der Waals surface area contributed by atoms with Gasteiger partial charge in [0.25, 0.3) is 5.91 Å². The molecule has 1 atom stereocenters. The highest BCUT2D eigenvalue weighted by atomic mass is 35.5. The van der Waals surface area contributed by atoms with Crippen LogP contribution in [0.5, 0.6) is 0 Å². The van der Waals surface area contributed by atoms with Crippen molar-refractivity contribution in [3.63, 3.8) is 0 Å². The molecule has 16 heteroatoms. The average molecular weight is 929 g/mol. The summed E-state index contributed by atoms with van der Waals surface area (Å²) >= 11 is 6.45. The number of pyridine rings is 1. The molecule has 6 heterocycles. The standard InChI is InChI=1S/C51H62ClN11O4/c1-33-37(11-19-53)5-4-6-40(33)34(2)55-47-41-30-45(54-31-42(41)35(3)57-58-47)60-25-27-62(28-26-60)48(65)38-12-20-59(21-13-38)32-36-9-15-51(16-10-36)17-23-61(24-18-51)49(66)39-7-8-43(52)44(29-39)63-22-14-46(64)56-50(63)67/h4-8,29-31,34,36,38H,9-18,20-28,32H2,1-3H3,(H,55,58)(H,56,64,67)/t34-/m1/s1. The van der Waals surface area contributed by atoms with Crippen LogP contribution in [0.15, 0.2) is 48.7 Å². The lowest BCUT2D eigenvalue weighted by Crippen LogP contribution is -2.52. The Labute approximate surface area is 398 Å². The highest BCUT2D eigenvalue weighted by Gasteiger charge is 2.40. The van der Waals surface area contributed by atoms with Gasteiger partial charge >= 0.3 is 6.03 Å². The Morgan fingerprint density at radius 2 is 1.64 bits per heavy atom. The van der Waals surface area contributed by atoms with Gasteiger partial charge in [-0.15, -0.1) is 5.10 Å². The quantitative estimate of drug-likeness (QED) is 0.162. The maximum atomic E-state index is 13.9. The minimum atomic E-state index is -0.523. The Hall–Kier alpha value is -5.85. The molecule has 9 rings (SSSR count). The molecule has 4 aromatic rings. The SMILES string of the molecule is Cc1c(CC#N)cccc1[C@@H](C)Nc1nnc(C)c2cnc(N3CCN(C(=O)C4CCN(CC5CCC6(CC5)CCN(C(=O)c5ccc(Cl)c(N7CCC(=O)NC7=O)c5)CC6)CC4)CC3)cc12. The molecule has 352 valence electrons. The van der Waals surface area contributed by atoms with E-state index >= 15 is 0 Å². The molecule has 0 unspecified atom stereocenters. The number of halogens is 1. The number of hydrogen-bond donors (Lipinski definition) is 2. The largest absolute Gasteiger partial charge is 0.362 e. The molecular formula is C51H62ClN11O4. The van der Waals surface area contributed by atoms with Gasteiger partial charge in [0, 0.05) is 87.2 Å². The normalized spacial score (nSPS) is 20.2. The number of nitriles is 1. The van der Waals surface area contributed by atoms with Crippen molar-refractivity contribution in [2.24, 2.45) is 17.3 Å². The van der Waals surface area contributed by atoms with Gasteiger partial charge in [-0.2, -0.15) is 10.4 Å². The number of imide groups is 1. The first-order chi connectivity index (χ1) is 32.4. The van der Waals surface area contributed by atoms with Crippen molar-refractivity contribution in [1.82, 2.24) is 35.2 Å². The van der Waals surface area contributed by atoms with Gasteiger partial charge in [0.2, 0.25) is 11.8 Å². The van der Waals surface area contributed by atoms with Crippen LogP contribution in [0.3, 0.4) is 0 Å². The molecule has 67 heavy (non-hydrogen) atoms. The Balaban J connectivity index is 0.715. The summed E-state index contributed by atoms with van der Waals surface area (Å²) in [5, 5.41) is 26.5. The number of carbonyl (C=O) groups is 4. The second-order valence-corrected chi connectivity index (χ2v) is 20.0. The van der Waals surface area contributed by atoms with E-state index in [1.807, 2.05) is 30.2 Å². The summed E-state index contributed by atoms with van der Waals surface area (Å²) in [6.45, 7) is 13.6. The first-order valence-corrected chi connectivity index (χ1v) is 24.6. The monoisotopic (exact) mass is 927 g/mol. The minimum Gasteiger partial charge on any atom is -0.362 e. The molecule has 1 spiro atoms. The Bertz CT molecular complexity index is 2570. The van der Waals surface area contributed by atoms with Gasteiger partial charge in [-0.25, -0.2) is 9.78 Å². The molecule has 2 aromatic carbocycles. The fraction of sp³-hybridized carbons (Fsp3) is 0.529. The Kier molecular flexibility index (Phi) is 13.7. The lowest BCUT2D eigenvalue weighted by Gasteiger charge is -2.47. The number of aryl methyl sites for hydroxylation is 1. The van der Waals surface area contributed by atoms with Gasteiger partial charge in [0.05, 0.1) is 34.9 Å². The highest BCUT2D eigenvalue weighted by Crippen LogP contribution is 2.47. The molecule has 4 saturated heterocycles. The molecule has 2 aromatic heterocycles. The van der Waals surface area contributed by atoms with Gasteiger partial charge in [-0.05, 0) is 138 Å². The van der Waals surface area contributed by atoms with Crippen LogP contribution in [-0.4, -0.2) is 119 Å². The maximum absolute atomic E-state index is 13.9. The van der Waals surface area contributed by atoms with Crippen molar-refractivity contribution in [2.75, 3.05) is 80.6 Å². The number of hydrogen-bond acceptors (Lipinski definition) is 11. The number of nitrogens with one attached hydrogen (secondary N) is 2. The van der Waals surface area contributed by atoms with Crippen LogP contribution in [-0.2, 0) is 16.0 Å². The summed E-state index contributed by atoms with van der Waals surface area (Å²) in [6, 6.07) is 14.9. The number of piperidine rings is 2. The number of piperazine rings is 1. The van der Waals surface area contributed by atoms with Gasteiger partial charge in [0.1, 0.15) is 5.82 Å². The fourth-order valence-electron chi connectivity index (χ4n) is 11.3. The second kappa shape index (κ2) is 19.8. The predicted octanol–water partition coefficient (Wildman–Crippen LogP) is 7.45. The van der Waals surface area contributed by atoms with E-state index in [2.05, 4.69) is 67.6 Å². The van der Waals surface area contributed by atoms with E-state index in [0.29, 0.717) is 66.5 Å². The van der Waals surface area contributed by atoms with Gasteiger partial charge in [-0.1, -0.05) is 29.8 Å². The molecule has 0 bridgehead atoms. The lowest BCUT2D eigenvalue weighted by atomic mass is 9.65. The van der Waals surface area contributed by atoms with Crippen LogP contribution in [0.2, 0.25) is 5.02 Å². The van der Waals surface area contributed by atoms with Gasteiger partial charge in [0.15, 0.2) is 5.82 Å². The van der Waals surface area contributed by atoms with Crippen molar-refractivity contribution < 1.29 is 19.2 Å². The van der Waals surface area contributed by atoms with Crippen molar-refractivity contribution in [3.8, 4) is 6.07 Å². The number of carbonyl (C=O) groups excluding carboxylic acids is 4. The van der Waals surface area contributed by atoms with Gasteiger partial charge in [-0.3, -0.25) is 24.6 Å². The molecule has 15 nitrogen and oxygen atoms in total. The second-order valence-electron chi connectivity index (χ2n) is 19.6. The minimum absolute atomic E-state index is 0.0513. The number of amides is 5. The number of nitrogens with zero attached hydrogens (tertiary/aromatic N) is 9. The zero-order valence-electron chi connectivity index (χ0n) is 39.0. The van der Waals surface area contributed by atoms with E-state index in [4.69, 9.17) is 16.6 Å². The molecule has 5 fully saturated rings. The first-order valence-electron chi connectivity index (χ1n) is 24.2.